The van der Waals surface area contributed by atoms with Crippen molar-refractivity contribution in [1.82, 2.24) is 0 Å². The average molecular weight is 265 g/mol. The van der Waals surface area contributed by atoms with E-state index in [1.807, 2.05) is 49.4 Å². The van der Waals surface area contributed by atoms with Gasteiger partial charge in [-0.25, -0.2) is 0 Å². The zero-order chi connectivity index (χ0) is 14.5. The SMILES string of the molecule is CCN(Cc1ccc(N)cc1)c1c(C)cccc1C#N. The third kappa shape index (κ3) is 2.92. The Bertz CT molecular complexity index is 624. The Morgan fingerprint density at radius 2 is 1.85 bits per heavy atom. The van der Waals surface area contributed by atoms with Crippen LogP contribution in [0.15, 0.2) is 42.5 Å². The van der Waals surface area contributed by atoms with Gasteiger partial charge in [0.1, 0.15) is 6.07 Å². The average Bonchev–Trinajstić information content (AvgIpc) is 2.47. The molecule has 0 spiro atoms. The fourth-order valence-electron chi connectivity index (χ4n) is 2.36. The fourth-order valence-corrected chi connectivity index (χ4v) is 2.36. The maximum absolute atomic E-state index is 9.30. The minimum absolute atomic E-state index is 0.724. The van der Waals surface area contributed by atoms with Crippen LogP contribution in [0.5, 0.6) is 0 Å². The van der Waals surface area contributed by atoms with Crippen molar-refractivity contribution < 1.29 is 0 Å². The van der Waals surface area contributed by atoms with Gasteiger partial charge in [0.2, 0.25) is 0 Å². The number of nitrogens with zero attached hydrogens (tertiary/aromatic N) is 2. The first-order valence-electron chi connectivity index (χ1n) is 6.74. The van der Waals surface area contributed by atoms with Crippen molar-refractivity contribution in [2.45, 2.75) is 20.4 Å². The van der Waals surface area contributed by atoms with Crippen LogP contribution in [0.3, 0.4) is 0 Å². The minimum Gasteiger partial charge on any atom is -0.399 e. The summed E-state index contributed by atoms with van der Waals surface area (Å²) in [6.45, 7) is 5.77. The standard InChI is InChI=1S/C17H19N3/c1-3-20(12-14-7-9-16(19)10-8-14)17-13(2)5-4-6-15(17)11-18/h4-10H,3,12,19H2,1-2H3. The lowest BCUT2D eigenvalue weighted by Gasteiger charge is -2.26. The van der Waals surface area contributed by atoms with E-state index < -0.39 is 0 Å². The Kier molecular flexibility index (Phi) is 4.27. The molecule has 0 aromatic heterocycles. The summed E-state index contributed by atoms with van der Waals surface area (Å²) >= 11 is 0. The number of nitrogen functional groups attached to an aromatic ring is 1. The van der Waals surface area contributed by atoms with Crippen molar-refractivity contribution >= 4 is 11.4 Å². The van der Waals surface area contributed by atoms with Gasteiger partial charge in [0.25, 0.3) is 0 Å². The second-order valence-corrected chi connectivity index (χ2v) is 4.84. The maximum Gasteiger partial charge on any atom is 0.101 e. The molecule has 3 heteroatoms. The summed E-state index contributed by atoms with van der Waals surface area (Å²) in [5.41, 5.74) is 10.5. The summed E-state index contributed by atoms with van der Waals surface area (Å²) in [5, 5.41) is 9.30. The lowest BCUT2D eigenvalue weighted by atomic mass is 10.1. The second kappa shape index (κ2) is 6.12. The molecule has 2 aromatic carbocycles. The highest BCUT2D eigenvalue weighted by atomic mass is 15.1. The van der Waals surface area contributed by atoms with Crippen LogP contribution in [0.1, 0.15) is 23.6 Å². The van der Waals surface area contributed by atoms with Crippen molar-refractivity contribution in [2.75, 3.05) is 17.2 Å². The lowest BCUT2D eigenvalue weighted by Crippen LogP contribution is -2.23. The van der Waals surface area contributed by atoms with E-state index in [1.54, 1.807) is 0 Å². The van der Waals surface area contributed by atoms with Crippen molar-refractivity contribution in [3.63, 3.8) is 0 Å². The molecule has 0 unspecified atom stereocenters. The minimum atomic E-state index is 0.724. The van der Waals surface area contributed by atoms with Crippen LogP contribution in [0.4, 0.5) is 11.4 Å². The first-order valence-corrected chi connectivity index (χ1v) is 6.74. The molecule has 0 saturated carbocycles. The van der Waals surface area contributed by atoms with Gasteiger partial charge in [-0.15, -0.1) is 0 Å². The van der Waals surface area contributed by atoms with Crippen LogP contribution in [-0.2, 0) is 6.54 Å². The second-order valence-electron chi connectivity index (χ2n) is 4.84. The number of para-hydroxylation sites is 1. The van der Waals surface area contributed by atoms with Gasteiger partial charge >= 0.3 is 0 Å². The number of nitriles is 1. The van der Waals surface area contributed by atoms with Crippen LogP contribution in [0.25, 0.3) is 0 Å². The molecule has 102 valence electrons. The normalized spacial score (nSPS) is 10.1. The summed E-state index contributed by atoms with van der Waals surface area (Å²) in [6, 6.07) is 16.0. The Balaban J connectivity index is 2.34. The Morgan fingerprint density at radius 1 is 1.15 bits per heavy atom. The van der Waals surface area contributed by atoms with Crippen molar-refractivity contribution in [3.05, 3.63) is 59.2 Å². The molecule has 0 aliphatic carbocycles. The van der Waals surface area contributed by atoms with E-state index in [9.17, 15) is 5.26 Å². The molecule has 20 heavy (non-hydrogen) atoms. The van der Waals surface area contributed by atoms with Gasteiger partial charge in [0, 0.05) is 18.8 Å². The zero-order valence-corrected chi connectivity index (χ0v) is 11.9. The first kappa shape index (κ1) is 14.0. The molecule has 0 atom stereocenters. The Hall–Kier alpha value is -2.47. The van der Waals surface area contributed by atoms with E-state index in [2.05, 4.69) is 17.9 Å². The van der Waals surface area contributed by atoms with Crippen LogP contribution in [0, 0.1) is 18.3 Å². The third-order valence-electron chi connectivity index (χ3n) is 3.41. The maximum atomic E-state index is 9.30. The zero-order valence-electron chi connectivity index (χ0n) is 11.9. The van der Waals surface area contributed by atoms with Crippen LogP contribution in [0.2, 0.25) is 0 Å². The quantitative estimate of drug-likeness (QED) is 0.861. The molecule has 0 bridgehead atoms. The largest absolute Gasteiger partial charge is 0.399 e. The highest BCUT2D eigenvalue weighted by Gasteiger charge is 2.12. The van der Waals surface area contributed by atoms with E-state index in [-0.39, 0.29) is 0 Å². The molecule has 0 heterocycles. The number of hydrogen-bond donors (Lipinski definition) is 1. The van der Waals surface area contributed by atoms with Gasteiger partial charge in [-0.1, -0.05) is 24.3 Å². The topological polar surface area (TPSA) is 53.0 Å². The molecule has 0 aliphatic rings. The highest BCUT2D eigenvalue weighted by Crippen LogP contribution is 2.26. The van der Waals surface area contributed by atoms with E-state index in [4.69, 9.17) is 5.73 Å². The number of hydrogen-bond acceptors (Lipinski definition) is 3. The smallest absolute Gasteiger partial charge is 0.101 e. The third-order valence-corrected chi connectivity index (χ3v) is 3.41. The van der Waals surface area contributed by atoms with Gasteiger partial charge in [0.15, 0.2) is 0 Å². The summed E-state index contributed by atoms with van der Waals surface area (Å²) in [6.07, 6.45) is 0. The fraction of sp³-hybridized carbons (Fsp3) is 0.235. The summed E-state index contributed by atoms with van der Waals surface area (Å²) in [7, 11) is 0. The van der Waals surface area contributed by atoms with Crippen LogP contribution < -0.4 is 10.6 Å². The first-order chi connectivity index (χ1) is 9.65. The van der Waals surface area contributed by atoms with Gasteiger partial charge in [-0.05, 0) is 43.2 Å². The molecule has 0 radical (unpaired) electrons. The van der Waals surface area contributed by atoms with E-state index in [1.165, 1.54) is 5.56 Å². The Morgan fingerprint density at radius 3 is 2.45 bits per heavy atom. The van der Waals surface area contributed by atoms with Crippen molar-refractivity contribution in [1.29, 1.82) is 5.26 Å². The predicted octanol–water partition coefficient (Wildman–Crippen LogP) is 3.48. The molecule has 2 rings (SSSR count). The molecule has 0 saturated heterocycles. The molecular formula is C17H19N3. The molecule has 3 nitrogen and oxygen atoms in total. The predicted molar refractivity (Wildman–Crippen MR) is 83.5 cm³/mol. The molecule has 2 aromatic rings. The Labute approximate surface area is 120 Å². The number of nitrogens with two attached hydrogens (primary N) is 1. The van der Waals surface area contributed by atoms with Gasteiger partial charge in [0.05, 0.1) is 11.3 Å². The van der Waals surface area contributed by atoms with E-state index >= 15 is 0 Å². The van der Waals surface area contributed by atoms with Crippen molar-refractivity contribution in [3.8, 4) is 6.07 Å². The van der Waals surface area contributed by atoms with Crippen LogP contribution >= 0.6 is 0 Å². The highest BCUT2D eigenvalue weighted by molar-refractivity contribution is 5.64. The summed E-state index contributed by atoms with van der Waals surface area (Å²) < 4.78 is 0. The summed E-state index contributed by atoms with van der Waals surface area (Å²) in [5.74, 6) is 0. The monoisotopic (exact) mass is 265 g/mol. The van der Waals surface area contributed by atoms with Gasteiger partial charge < -0.3 is 10.6 Å². The number of rotatable bonds is 4. The van der Waals surface area contributed by atoms with Crippen LogP contribution in [-0.4, -0.2) is 6.54 Å². The van der Waals surface area contributed by atoms with E-state index in [0.717, 1.165) is 35.6 Å². The molecule has 0 amide bonds. The molecular weight excluding hydrogens is 246 g/mol. The van der Waals surface area contributed by atoms with E-state index in [0.29, 0.717) is 0 Å². The summed E-state index contributed by atoms with van der Waals surface area (Å²) in [4.78, 5) is 2.22. The number of anilines is 2. The van der Waals surface area contributed by atoms with Gasteiger partial charge in [-0.2, -0.15) is 5.26 Å². The van der Waals surface area contributed by atoms with Gasteiger partial charge in [-0.3, -0.25) is 0 Å². The number of benzene rings is 2. The lowest BCUT2D eigenvalue weighted by molar-refractivity contribution is 0.826. The van der Waals surface area contributed by atoms with Crippen molar-refractivity contribution in [2.24, 2.45) is 0 Å². The number of aryl methyl sites for hydroxylation is 1. The molecule has 0 aliphatic heterocycles. The molecule has 2 N–H and O–H groups in total. The molecule has 0 fully saturated rings.